The molecule has 2 aromatic carbocycles. The van der Waals surface area contributed by atoms with E-state index in [1.165, 1.54) is 5.56 Å². The van der Waals surface area contributed by atoms with Crippen molar-refractivity contribution in [2.24, 2.45) is 0 Å². The quantitative estimate of drug-likeness (QED) is 0.662. The van der Waals surface area contributed by atoms with E-state index >= 15 is 0 Å². The number of aromatic nitrogens is 2. The number of nitrogens with one attached hydrogen (secondary N) is 1. The van der Waals surface area contributed by atoms with Crippen LogP contribution in [0.4, 0.5) is 16.3 Å². The van der Waals surface area contributed by atoms with E-state index in [-0.39, 0.29) is 6.03 Å². The maximum absolute atomic E-state index is 12.5. The van der Waals surface area contributed by atoms with Crippen LogP contribution in [0.3, 0.4) is 0 Å². The summed E-state index contributed by atoms with van der Waals surface area (Å²) < 4.78 is 0. The van der Waals surface area contributed by atoms with Gasteiger partial charge >= 0.3 is 6.03 Å². The zero-order valence-corrected chi connectivity index (χ0v) is 17.6. The summed E-state index contributed by atoms with van der Waals surface area (Å²) in [7, 11) is 0. The highest BCUT2D eigenvalue weighted by atomic mass is 35.5. The summed E-state index contributed by atoms with van der Waals surface area (Å²) >= 11 is 5.89. The Morgan fingerprint density at radius 1 is 0.933 bits per heavy atom. The molecule has 0 unspecified atom stereocenters. The lowest BCUT2D eigenvalue weighted by atomic mass is 10.1. The standard InChI is InChI=1S/C23H24ClN5O/c1-2-17-3-5-18(6-4-17)21-11-12-22(27-26-21)28-13-15-29(16-14-28)23(30)25-20-9-7-19(24)8-10-20/h3-12H,2,13-16H2,1H3,(H,25,30). The zero-order valence-electron chi connectivity index (χ0n) is 16.9. The Morgan fingerprint density at radius 3 is 2.23 bits per heavy atom. The van der Waals surface area contributed by atoms with Gasteiger partial charge in [0, 0.05) is 42.5 Å². The van der Waals surface area contributed by atoms with Crippen molar-refractivity contribution in [3.05, 3.63) is 71.2 Å². The van der Waals surface area contributed by atoms with Crippen LogP contribution in [-0.2, 0) is 6.42 Å². The molecule has 0 aliphatic carbocycles. The predicted octanol–water partition coefficient (Wildman–Crippen LogP) is 4.71. The summed E-state index contributed by atoms with van der Waals surface area (Å²) in [6, 6.07) is 19.4. The molecule has 154 valence electrons. The molecular formula is C23H24ClN5O. The van der Waals surface area contributed by atoms with Crippen molar-refractivity contribution in [2.45, 2.75) is 13.3 Å². The van der Waals surface area contributed by atoms with Gasteiger partial charge in [0.2, 0.25) is 0 Å². The van der Waals surface area contributed by atoms with Gasteiger partial charge in [-0.25, -0.2) is 4.79 Å². The smallest absolute Gasteiger partial charge is 0.321 e. The monoisotopic (exact) mass is 421 g/mol. The third kappa shape index (κ3) is 4.71. The minimum Gasteiger partial charge on any atom is -0.352 e. The highest BCUT2D eigenvalue weighted by Crippen LogP contribution is 2.20. The molecule has 1 aliphatic heterocycles. The molecule has 30 heavy (non-hydrogen) atoms. The van der Waals surface area contributed by atoms with Gasteiger partial charge in [0.15, 0.2) is 5.82 Å². The summed E-state index contributed by atoms with van der Waals surface area (Å²) in [5, 5.41) is 12.4. The van der Waals surface area contributed by atoms with Gasteiger partial charge < -0.3 is 15.1 Å². The van der Waals surface area contributed by atoms with Crippen molar-refractivity contribution in [3.8, 4) is 11.3 Å². The van der Waals surface area contributed by atoms with E-state index in [9.17, 15) is 4.79 Å². The van der Waals surface area contributed by atoms with Crippen LogP contribution in [0.25, 0.3) is 11.3 Å². The molecule has 2 heterocycles. The molecule has 1 N–H and O–H groups in total. The topological polar surface area (TPSA) is 61.4 Å². The largest absolute Gasteiger partial charge is 0.352 e. The number of piperazine rings is 1. The Hall–Kier alpha value is -3.12. The van der Waals surface area contributed by atoms with Crippen molar-refractivity contribution >= 4 is 29.1 Å². The highest BCUT2D eigenvalue weighted by molar-refractivity contribution is 6.30. The van der Waals surface area contributed by atoms with Gasteiger partial charge in [0.25, 0.3) is 0 Å². The Balaban J connectivity index is 1.33. The number of hydrogen-bond donors (Lipinski definition) is 1. The van der Waals surface area contributed by atoms with E-state index < -0.39 is 0 Å². The Labute approximate surface area is 181 Å². The number of benzene rings is 2. The minimum absolute atomic E-state index is 0.103. The van der Waals surface area contributed by atoms with Crippen LogP contribution in [-0.4, -0.2) is 47.3 Å². The SMILES string of the molecule is CCc1ccc(-c2ccc(N3CCN(C(=O)Nc4ccc(Cl)cc4)CC3)nn2)cc1. The molecule has 1 fully saturated rings. The van der Waals surface area contributed by atoms with Gasteiger partial charge in [-0.3, -0.25) is 0 Å². The average Bonchev–Trinajstić information content (AvgIpc) is 2.81. The maximum Gasteiger partial charge on any atom is 0.321 e. The van der Waals surface area contributed by atoms with Gasteiger partial charge in [-0.15, -0.1) is 10.2 Å². The minimum atomic E-state index is -0.103. The third-order valence-corrected chi connectivity index (χ3v) is 5.55. The summed E-state index contributed by atoms with van der Waals surface area (Å²) in [4.78, 5) is 16.4. The van der Waals surface area contributed by atoms with Crippen LogP contribution in [0.1, 0.15) is 12.5 Å². The van der Waals surface area contributed by atoms with Crippen molar-refractivity contribution < 1.29 is 4.79 Å². The van der Waals surface area contributed by atoms with Gasteiger partial charge in [-0.05, 0) is 48.4 Å². The molecule has 1 aliphatic rings. The fourth-order valence-electron chi connectivity index (χ4n) is 3.43. The van der Waals surface area contributed by atoms with E-state index in [2.05, 4.69) is 51.6 Å². The summed E-state index contributed by atoms with van der Waals surface area (Å²) in [5.41, 5.74) is 3.97. The van der Waals surface area contributed by atoms with Crippen LogP contribution < -0.4 is 10.2 Å². The number of halogens is 1. The average molecular weight is 422 g/mol. The van der Waals surface area contributed by atoms with Gasteiger partial charge in [-0.2, -0.15) is 0 Å². The first-order valence-electron chi connectivity index (χ1n) is 10.1. The number of aryl methyl sites for hydroxylation is 1. The molecule has 7 heteroatoms. The normalized spacial score (nSPS) is 13.9. The van der Waals surface area contributed by atoms with Crippen LogP contribution in [0, 0.1) is 0 Å². The lowest BCUT2D eigenvalue weighted by Gasteiger charge is -2.35. The zero-order chi connectivity index (χ0) is 20.9. The molecule has 6 nitrogen and oxygen atoms in total. The molecule has 1 saturated heterocycles. The van der Waals surface area contributed by atoms with Gasteiger partial charge in [-0.1, -0.05) is 42.8 Å². The molecule has 2 amide bonds. The van der Waals surface area contributed by atoms with Crippen molar-refractivity contribution in [1.82, 2.24) is 15.1 Å². The molecule has 0 saturated carbocycles. The first kappa shape index (κ1) is 20.2. The van der Waals surface area contributed by atoms with Gasteiger partial charge in [0.1, 0.15) is 0 Å². The summed E-state index contributed by atoms with van der Waals surface area (Å²) in [6.45, 7) is 4.83. The van der Waals surface area contributed by atoms with Crippen molar-refractivity contribution in [2.75, 3.05) is 36.4 Å². The van der Waals surface area contributed by atoms with Crippen molar-refractivity contribution in [3.63, 3.8) is 0 Å². The second-order valence-electron chi connectivity index (χ2n) is 7.24. The molecule has 0 bridgehead atoms. The molecule has 0 spiro atoms. The number of rotatable bonds is 4. The van der Waals surface area contributed by atoms with Crippen LogP contribution in [0.15, 0.2) is 60.7 Å². The van der Waals surface area contributed by atoms with E-state index in [1.807, 2.05) is 17.0 Å². The van der Waals surface area contributed by atoms with Crippen LogP contribution in [0.2, 0.25) is 5.02 Å². The molecule has 3 aromatic rings. The highest BCUT2D eigenvalue weighted by Gasteiger charge is 2.22. The molecular weight excluding hydrogens is 398 g/mol. The van der Waals surface area contributed by atoms with E-state index in [0.717, 1.165) is 29.2 Å². The number of anilines is 2. The molecule has 4 rings (SSSR count). The lowest BCUT2D eigenvalue weighted by molar-refractivity contribution is 0.208. The Kier molecular flexibility index (Phi) is 6.14. The number of carbonyl (C=O) groups excluding carboxylic acids is 1. The van der Waals surface area contributed by atoms with E-state index in [4.69, 9.17) is 11.6 Å². The van der Waals surface area contributed by atoms with Crippen LogP contribution in [0.5, 0.6) is 0 Å². The fraction of sp³-hybridized carbons (Fsp3) is 0.261. The molecule has 0 atom stereocenters. The lowest BCUT2D eigenvalue weighted by Crippen LogP contribution is -2.50. The third-order valence-electron chi connectivity index (χ3n) is 5.29. The number of carbonyl (C=O) groups is 1. The molecule has 0 radical (unpaired) electrons. The first-order valence-corrected chi connectivity index (χ1v) is 10.5. The number of hydrogen-bond acceptors (Lipinski definition) is 4. The van der Waals surface area contributed by atoms with Gasteiger partial charge in [0.05, 0.1) is 5.69 Å². The second-order valence-corrected chi connectivity index (χ2v) is 7.67. The van der Waals surface area contributed by atoms with E-state index in [1.54, 1.807) is 24.3 Å². The number of amides is 2. The predicted molar refractivity (Wildman–Crippen MR) is 121 cm³/mol. The maximum atomic E-state index is 12.5. The van der Waals surface area contributed by atoms with Crippen LogP contribution >= 0.6 is 11.6 Å². The number of nitrogens with zero attached hydrogens (tertiary/aromatic N) is 4. The van der Waals surface area contributed by atoms with Crippen molar-refractivity contribution in [1.29, 1.82) is 0 Å². The summed E-state index contributed by atoms with van der Waals surface area (Å²) in [6.07, 6.45) is 1.02. The Bertz CT molecular complexity index is 982. The molecule has 1 aromatic heterocycles. The fourth-order valence-corrected chi connectivity index (χ4v) is 3.56. The number of urea groups is 1. The Morgan fingerprint density at radius 2 is 1.63 bits per heavy atom. The summed E-state index contributed by atoms with van der Waals surface area (Å²) in [5.74, 6) is 0.835. The second kappa shape index (κ2) is 9.13. The van der Waals surface area contributed by atoms with E-state index in [0.29, 0.717) is 31.2 Å². The first-order chi connectivity index (χ1) is 14.6.